The Bertz CT molecular complexity index is 689. The summed E-state index contributed by atoms with van der Waals surface area (Å²) in [6, 6.07) is 11.7. The molecule has 3 rings (SSSR count). The molecule has 2 heterocycles. The standard InChI is InChI=1S/C15H13N3OS/c19-15(16-8-11-6-7-20-10-11)13-9-17-18-14(13)12-4-2-1-3-5-12/h1-7,9-10H,8H2,(H,16,19)(H,17,18). The van der Waals surface area contributed by atoms with Crippen LogP contribution in [0.4, 0.5) is 0 Å². The summed E-state index contributed by atoms with van der Waals surface area (Å²) in [5, 5.41) is 13.8. The van der Waals surface area contributed by atoms with Crippen LogP contribution < -0.4 is 5.32 Å². The topological polar surface area (TPSA) is 57.8 Å². The monoisotopic (exact) mass is 283 g/mol. The van der Waals surface area contributed by atoms with E-state index in [0.29, 0.717) is 12.1 Å². The van der Waals surface area contributed by atoms with Crippen LogP contribution in [0.15, 0.2) is 53.4 Å². The van der Waals surface area contributed by atoms with Gasteiger partial charge in [0, 0.05) is 12.1 Å². The molecule has 0 radical (unpaired) electrons. The van der Waals surface area contributed by atoms with E-state index >= 15 is 0 Å². The Hall–Kier alpha value is -2.40. The van der Waals surface area contributed by atoms with Crippen LogP contribution in [-0.2, 0) is 6.54 Å². The van der Waals surface area contributed by atoms with Crippen LogP contribution in [-0.4, -0.2) is 16.1 Å². The van der Waals surface area contributed by atoms with Gasteiger partial charge in [-0.25, -0.2) is 0 Å². The SMILES string of the molecule is O=C(NCc1ccsc1)c1cn[nH]c1-c1ccccc1. The lowest BCUT2D eigenvalue weighted by atomic mass is 10.1. The highest BCUT2D eigenvalue weighted by atomic mass is 32.1. The Morgan fingerprint density at radius 1 is 1.25 bits per heavy atom. The predicted molar refractivity (Wildman–Crippen MR) is 79.5 cm³/mol. The zero-order chi connectivity index (χ0) is 13.8. The summed E-state index contributed by atoms with van der Waals surface area (Å²) >= 11 is 1.62. The molecule has 1 aromatic carbocycles. The van der Waals surface area contributed by atoms with Crippen molar-refractivity contribution in [1.29, 1.82) is 0 Å². The highest BCUT2D eigenvalue weighted by Crippen LogP contribution is 2.20. The number of thiophene rings is 1. The lowest BCUT2D eigenvalue weighted by Crippen LogP contribution is -2.22. The maximum atomic E-state index is 12.2. The van der Waals surface area contributed by atoms with Gasteiger partial charge in [-0.05, 0) is 22.4 Å². The Labute approximate surface area is 120 Å². The van der Waals surface area contributed by atoms with E-state index in [9.17, 15) is 4.79 Å². The van der Waals surface area contributed by atoms with Gasteiger partial charge in [-0.3, -0.25) is 9.89 Å². The van der Waals surface area contributed by atoms with E-state index in [-0.39, 0.29) is 5.91 Å². The van der Waals surface area contributed by atoms with E-state index < -0.39 is 0 Å². The molecule has 0 saturated heterocycles. The molecule has 0 spiro atoms. The molecule has 2 aromatic heterocycles. The first-order chi connectivity index (χ1) is 9.84. The molecule has 0 atom stereocenters. The van der Waals surface area contributed by atoms with Gasteiger partial charge >= 0.3 is 0 Å². The zero-order valence-electron chi connectivity index (χ0n) is 10.7. The van der Waals surface area contributed by atoms with E-state index in [1.165, 1.54) is 0 Å². The van der Waals surface area contributed by atoms with Crippen LogP contribution in [0.5, 0.6) is 0 Å². The van der Waals surface area contributed by atoms with Crippen molar-refractivity contribution in [1.82, 2.24) is 15.5 Å². The second-order valence-corrected chi connectivity index (χ2v) is 5.12. The molecular formula is C15H13N3OS. The van der Waals surface area contributed by atoms with Crippen molar-refractivity contribution in [3.05, 3.63) is 64.5 Å². The van der Waals surface area contributed by atoms with Crippen molar-refractivity contribution >= 4 is 17.2 Å². The van der Waals surface area contributed by atoms with Crippen LogP contribution in [0.3, 0.4) is 0 Å². The summed E-state index contributed by atoms with van der Waals surface area (Å²) in [5.41, 5.74) is 3.36. The first-order valence-electron chi connectivity index (χ1n) is 6.22. The Morgan fingerprint density at radius 2 is 2.10 bits per heavy atom. The number of benzene rings is 1. The minimum atomic E-state index is -0.121. The van der Waals surface area contributed by atoms with Gasteiger partial charge < -0.3 is 5.32 Å². The number of rotatable bonds is 4. The molecule has 4 nitrogen and oxygen atoms in total. The minimum absolute atomic E-state index is 0.121. The van der Waals surface area contributed by atoms with Crippen LogP contribution in [0, 0.1) is 0 Å². The summed E-state index contributed by atoms with van der Waals surface area (Å²) < 4.78 is 0. The van der Waals surface area contributed by atoms with E-state index in [4.69, 9.17) is 0 Å². The van der Waals surface area contributed by atoms with Crippen molar-refractivity contribution in [2.24, 2.45) is 0 Å². The Kier molecular flexibility index (Phi) is 3.60. The summed E-state index contributed by atoms with van der Waals surface area (Å²) in [5.74, 6) is -0.121. The Balaban J connectivity index is 1.77. The number of carbonyl (C=O) groups excluding carboxylic acids is 1. The molecule has 100 valence electrons. The minimum Gasteiger partial charge on any atom is -0.348 e. The lowest BCUT2D eigenvalue weighted by molar-refractivity contribution is 0.0951. The number of nitrogens with zero attached hydrogens (tertiary/aromatic N) is 1. The van der Waals surface area contributed by atoms with E-state index in [1.807, 2.05) is 47.2 Å². The number of aromatic nitrogens is 2. The normalized spacial score (nSPS) is 10.4. The molecule has 3 aromatic rings. The summed E-state index contributed by atoms with van der Waals surface area (Å²) in [7, 11) is 0. The number of amides is 1. The third kappa shape index (κ3) is 2.62. The number of aromatic amines is 1. The van der Waals surface area contributed by atoms with Crippen LogP contribution in [0.1, 0.15) is 15.9 Å². The molecule has 0 aliphatic rings. The average Bonchev–Trinajstić information content (AvgIpc) is 3.17. The molecule has 0 aliphatic carbocycles. The number of nitrogens with one attached hydrogen (secondary N) is 2. The van der Waals surface area contributed by atoms with Gasteiger partial charge in [0.05, 0.1) is 17.5 Å². The quantitative estimate of drug-likeness (QED) is 0.773. The third-order valence-corrected chi connectivity index (χ3v) is 3.71. The van der Waals surface area contributed by atoms with E-state index in [0.717, 1.165) is 16.8 Å². The molecule has 1 amide bonds. The maximum Gasteiger partial charge on any atom is 0.255 e. The van der Waals surface area contributed by atoms with Gasteiger partial charge in [-0.2, -0.15) is 16.4 Å². The molecule has 0 bridgehead atoms. The first-order valence-corrected chi connectivity index (χ1v) is 7.17. The number of hydrogen-bond acceptors (Lipinski definition) is 3. The van der Waals surface area contributed by atoms with Crippen molar-refractivity contribution in [3.63, 3.8) is 0 Å². The van der Waals surface area contributed by atoms with Crippen molar-refractivity contribution in [2.75, 3.05) is 0 Å². The molecule has 5 heteroatoms. The molecule has 0 unspecified atom stereocenters. The highest BCUT2D eigenvalue weighted by molar-refractivity contribution is 7.07. The van der Waals surface area contributed by atoms with Crippen LogP contribution >= 0.6 is 11.3 Å². The molecule has 0 fully saturated rings. The largest absolute Gasteiger partial charge is 0.348 e. The predicted octanol–water partition coefficient (Wildman–Crippen LogP) is 3.07. The van der Waals surface area contributed by atoms with Gasteiger partial charge in [-0.1, -0.05) is 30.3 Å². The second-order valence-electron chi connectivity index (χ2n) is 4.34. The second kappa shape index (κ2) is 5.71. The molecule has 2 N–H and O–H groups in total. The van der Waals surface area contributed by atoms with Crippen LogP contribution in [0.25, 0.3) is 11.3 Å². The van der Waals surface area contributed by atoms with Crippen LogP contribution in [0.2, 0.25) is 0 Å². The summed E-state index contributed by atoms with van der Waals surface area (Å²) in [4.78, 5) is 12.2. The fourth-order valence-electron chi connectivity index (χ4n) is 1.95. The summed E-state index contributed by atoms with van der Waals surface area (Å²) in [6.45, 7) is 0.530. The number of carbonyl (C=O) groups is 1. The fraction of sp³-hybridized carbons (Fsp3) is 0.0667. The third-order valence-electron chi connectivity index (χ3n) is 2.98. The van der Waals surface area contributed by atoms with Crippen molar-refractivity contribution in [2.45, 2.75) is 6.54 Å². The number of hydrogen-bond donors (Lipinski definition) is 2. The number of H-pyrrole nitrogens is 1. The highest BCUT2D eigenvalue weighted by Gasteiger charge is 2.14. The lowest BCUT2D eigenvalue weighted by Gasteiger charge is -2.04. The fourth-order valence-corrected chi connectivity index (χ4v) is 2.62. The van der Waals surface area contributed by atoms with Gasteiger partial charge in [0.25, 0.3) is 5.91 Å². The molecular weight excluding hydrogens is 270 g/mol. The molecule has 20 heavy (non-hydrogen) atoms. The average molecular weight is 283 g/mol. The molecule has 0 saturated carbocycles. The smallest absolute Gasteiger partial charge is 0.255 e. The van der Waals surface area contributed by atoms with Crippen molar-refractivity contribution < 1.29 is 4.79 Å². The Morgan fingerprint density at radius 3 is 2.85 bits per heavy atom. The van der Waals surface area contributed by atoms with Gasteiger partial charge in [0.2, 0.25) is 0 Å². The maximum absolute atomic E-state index is 12.2. The summed E-state index contributed by atoms with van der Waals surface area (Å²) in [6.07, 6.45) is 1.56. The van der Waals surface area contributed by atoms with Gasteiger partial charge in [0.15, 0.2) is 0 Å². The molecule has 0 aliphatic heterocycles. The van der Waals surface area contributed by atoms with E-state index in [2.05, 4.69) is 15.5 Å². The first kappa shape index (κ1) is 12.6. The van der Waals surface area contributed by atoms with Crippen molar-refractivity contribution in [3.8, 4) is 11.3 Å². The van der Waals surface area contributed by atoms with Gasteiger partial charge in [-0.15, -0.1) is 0 Å². The zero-order valence-corrected chi connectivity index (χ0v) is 11.5. The van der Waals surface area contributed by atoms with E-state index in [1.54, 1.807) is 17.5 Å². The van der Waals surface area contributed by atoms with Gasteiger partial charge in [0.1, 0.15) is 0 Å².